The van der Waals surface area contributed by atoms with Gasteiger partial charge >= 0.3 is 0 Å². The average Bonchev–Trinajstić information content (AvgIpc) is 3.09. The Morgan fingerprint density at radius 1 is 1.00 bits per heavy atom. The van der Waals surface area contributed by atoms with Crippen molar-refractivity contribution in [2.45, 2.75) is 6.54 Å². The number of aromatic nitrogens is 4. The third-order valence-electron chi connectivity index (χ3n) is 4.24. The van der Waals surface area contributed by atoms with Gasteiger partial charge in [-0.1, -0.05) is 30.3 Å². The Kier molecular flexibility index (Phi) is 4.57. The zero-order valence-electron chi connectivity index (χ0n) is 15.2. The normalized spacial score (nSPS) is 10.7. The Balaban J connectivity index is 1.63. The van der Waals surface area contributed by atoms with E-state index in [1.807, 2.05) is 49.5 Å². The molecule has 136 valence electrons. The summed E-state index contributed by atoms with van der Waals surface area (Å²) in [6, 6.07) is 17.8. The van der Waals surface area contributed by atoms with E-state index < -0.39 is 0 Å². The van der Waals surface area contributed by atoms with Crippen molar-refractivity contribution in [3.63, 3.8) is 0 Å². The van der Waals surface area contributed by atoms with Crippen molar-refractivity contribution in [1.29, 1.82) is 0 Å². The van der Waals surface area contributed by atoms with Crippen molar-refractivity contribution < 1.29 is 4.74 Å². The van der Waals surface area contributed by atoms with Crippen molar-refractivity contribution in [3.8, 4) is 5.75 Å². The summed E-state index contributed by atoms with van der Waals surface area (Å²) in [6.45, 7) is 0.645. The van der Waals surface area contributed by atoms with Gasteiger partial charge < -0.3 is 15.4 Å². The van der Waals surface area contributed by atoms with Crippen LogP contribution in [0.5, 0.6) is 5.75 Å². The van der Waals surface area contributed by atoms with Crippen LogP contribution in [0.25, 0.3) is 11.0 Å². The highest BCUT2D eigenvalue weighted by Crippen LogP contribution is 2.26. The molecule has 0 saturated heterocycles. The Labute approximate surface area is 157 Å². The molecule has 0 atom stereocenters. The fraction of sp³-hybridized carbons (Fsp3) is 0.150. The first-order valence-corrected chi connectivity index (χ1v) is 8.61. The first kappa shape index (κ1) is 16.8. The maximum atomic E-state index is 5.21. The molecule has 4 aromatic rings. The van der Waals surface area contributed by atoms with Crippen molar-refractivity contribution in [1.82, 2.24) is 19.7 Å². The van der Waals surface area contributed by atoms with Crippen LogP contribution < -0.4 is 15.4 Å². The fourth-order valence-corrected chi connectivity index (χ4v) is 2.78. The number of hydrogen-bond acceptors (Lipinski definition) is 6. The van der Waals surface area contributed by atoms with Gasteiger partial charge in [-0.25, -0.2) is 0 Å². The van der Waals surface area contributed by atoms with E-state index in [9.17, 15) is 0 Å². The standard InChI is InChI=1S/C20H20N6O/c1-26-19-17(13-22-26)18(23-15-8-10-16(27-2)11-9-15)24-20(25-19)21-12-14-6-4-3-5-7-14/h3-11,13H,12H2,1-2H3,(H2,21,23,24,25). The van der Waals surface area contributed by atoms with Gasteiger partial charge in [-0.05, 0) is 29.8 Å². The van der Waals surface area contributed by atoms with Crippen LogP contribution in [0.3, 0.4) is 0 Å². The Morgan fingerprint density at radius 3 is 2.52 bits per heavy atom. The van der Waals surface area contributed by atoms with Crippen LogP contribution in [0.2, 0.25) is 0 Å². The minimum Gasteiger partial charge on any atom is -0.497 e. The third kappa shape index (κ3) is 3.67. The number of benzene rings is 2. The van der Waals surface area contributed by atoms with Crippen LogP contribution in [0.4, 0.5) is 17.5 Å². The maximum absolute atomic E-state index is 5.21. The van der Waals surface area contributed by atoms with Gasteiger partial charge in [-0.2, -0.15) is 15.1 Å². The average molecular weight is 360 g/mol. The van der Waals surface area contributed by atoms with Crippen LogP contribution in [0.1, 0.15) is 5.56 Å². The summed E-state index contributed by atoms with van der Waals surface area (Å²) in [5.74, 6) is 2.06. The van der Waals surface area contributed by atoms with Crippen LogP contribution in [0.15, 0.2) is 60.8 Å². The zero-order chi connectivity index (χ0) is 18.6. The second-order valence-electron chi connectivity index (χ2n) is 6.09. The number of anilines is 3. The number of aryl methyl sites for hydroxylation is 1. The predicted molar refractivity (Wildman–Crippen MR) is 106 cm³/mol. The summed E-state index contributed by atoms with van der Waals surface area (Å²) < 4.78 is 6.95. The number of nitrogens with zero attached hydrogens (tertiary/aromatic N) is 4. The summed E-state index contributed by atoms with van der Waals surface area (Å²) in [6.07, 6.45) is 1.77. The lowest BCUT2D eigenvalue weighted by Crippen LogP contribution is -2.06. The molecule has 0 unspecified atom stereocenters. The molecule has 0 bridgehead atoms. The van der Waals surface area contributed by atoms with Crippen LogP contribution in [-0.4, -0.2) is 26.9 Å². The zero-order valence-corrected chi connectivity index (χ0v) is 15.2. The molecule has 2 aromatic heterocycles. The maximum Gasteiger partial charge on any atom is 0.227 e. The molecule has 7 heteroatoms. The van der Waals surface area contributed by atoms with Gasteiger partial charge in [0.2, 0.25) is 5.95 Å². The van der Waals surface area contributed by atoms with Gasteiger partial charge in [-0.15, -0.1) is 0 Å². The number of nitrogens with one attached hydrogen (secondary N) is 2. The predicted octanol–water partition coefficient (Wildman–Crippen LogP) is 3.73. The van der Waals surface area contributed by atoms with E-state index in [1.54, 1.807) is 18.0 Å². The van der Waals surface area contributed by atoms with Crippen LogP contribution in [0, 0.1) is 0 Å². The van der Waals surface area contributed by atoms with Gasteiger partial charge in [0.05, 0.1) is 18.7 Å². The highest BCUT2D eigenvalue weighted by atomic mass is 16.5. The fourth-order valence-electron chi connectivity index (χ4n) is 2.78. The molecule has 0 amide bonds. The molecule has 4 rings (SSSR count). The molecular formula is C20H20N6O. The second kappa shape index (κ2) is 7.33. The summed E-state index contributed by atoms with van der Waals surface area (Å²) in [7, 11) is 3.52. The quantitative estimate of drug-likeness (QED) is 0.546. The minimum absolute atomic E-state index is 0.547. The van der Waals surface area contributed by atoms with Gasteiger partial charge in [0, 0.05) is 19.3 Å². The molecule has 0 saturated carbocycles. The highest BCUT2D eigenvalue weighted by Gasteiger charge is 2.12. The molecule has 0 aliphatic rings. The van der Waals surface area contributed by atoms with Crippen molar-refractivity contribution >= 4 is 28.5 Å². The van der Waals surface area contributed by atoms with Gasteiger partial charge in [0.25, 0.3) is 0 Å². The second-order valence-corrected chi connectivity index (χ2v) is 6.09. The summed E-state index contributed by atoms with van der Waals surface area (Å²) in [5.41, 5.74) is 2.83. The van der Waals surface area contributed by atoms with E-state index in [2.05, 4.69) is 37.8 Å². The van der Waals surface area contributed by atoms with Gasteiger partial charge in [0.15, 0.2) is 5.65 Å². The molecule has 2 aromatic carbocycles. The molecule has 0 spiro atoms. The molecule has 2 heterocycles. The van der Waals surface area contributed by atoms with Crippen molar-refractivity contribution in [2.24, 2.45) is 7.05 Å². The van der Waals surface area contributed by atoms with Gasteiger partial charge in [-0.3, -0.25) is 4.68 Å². The largest absolute Gasteiger partial charge is 0.497 e. The number of methoxy groups -OCH3 is 1. The van der Waals surface area contributed by atoms with E-state index in [0.29, 0.717) is 18.3 Å². The van der Waals surface area contributed by atoms with Crippen molar-refractivity contribution in [3.05, 3.63) is 66.4 Å². The number of rotatable bonds is 6. The molecule has 2 N–H and O–H groups in total. The van der Waals surface area contributed by atoms with Crippen LogP contribution >= 0.6 is 0 Å². The Bertz CT molecular complexity index is 1040. The SMILES string of the molecule is COc1ccc(Nc2nc(NCc3ccccc3)nc3c2cnn3C)cc1. The molecule has 27 heavy (non-hydrogen) atoms. The van der Waals surface area contributed by atoms with Crippen LogP contribution in [-0.2, 0) is 13.6 Å². The lowest BCUT2D eigenvalue weighted by Gasteiger charge is -2.11. The molecule has 7 nitrogen and oxygen atoms in total. The number of hydrogen-bond donors (Lipinski definition) is 2. The highest BCUT2D eigenvalue weighted by molar-refractivity contribution is 5.89. The Morgan fingerprint density at radius 2 is 1.78 bits per heavy atom. The summed E-state index contributed by atoms with van der Waals surface area (Å²) >= 11 is 0. The third-order valence-corrected chi connectivity index (χ3v) is 4.24. The first-order chi connectivity index (χ1) is 13.2. The molecular weight excluding hydrogens is 340 g/mol. The number of ether oxygens (including phenoxy) is 1. The smallest absolute Gasteiger partial charge is 0.227 e. The first-order valence-electron chi connectivity index (χ1n) is 8.61. The van der Waals surface area contributed by atoms with E-state index in [4.69, 9.17) is 4.74 Å². The lowest BCUT2D eigenvalue weighted by molar-refractivity contribution is 0.415. The van der Waals surface area contributed by atoms with E-state index >= 15 is 0 Å². The summed E-state index contributed by atoms with van der Waals surface area (Å²) in [4.78, 5) is 9.25. The van der Waals surface area contributed by atoms with Gasteiger partial charge in [0.1, 0.15) is 11.6 Å². The summed E-state index contributed by atoms with van der Waals surface area (Å²) in [5, 5.41) is 11.8. The number of fused-ring (bicyclic) bond motifs is 1. The molecule has 0 aliphatic heterocycles. The Hall–Kier alpha value is -3.61. The van der Waals surface area contributed by atoms with E-state index in [1.165, 1.54) is 0 Å². The topological polar surface area (TPSA) is 76.9 Å². The van der Waals surface area contributed by atoms with E-state index in [-0.39, 0.29) is 0 Å². The van der Waals surface area contributed by atoms with Crippen molar-refractivity contribution in [2.75, 3.05) is 17.7 Å². The monoisotopic (exact) mass is 360 g/mol. The minimum atomic E-state index is 0.547. The molecule has 0 fully saturated rings. The van der Waals surface area contributed by atoms with E-state index in [0.717, 1.165) is 28.0 Å². The lowest BCUT2D eigenvalue weighted by atomic mass is 10.2. The molecule has 0 radical (unpaired) electrons. The molecule has 0 aliphatic carbocycles.